The first-order valence-electron chi connectivity index (χ1n) is 7.42. The van der Waals surface area contributed by atoms with Crippen molar-refractivity contribution in [2.75, 3.05) is 5.73 Å². The van der Waals surface area contributed by atoms with Gasteiger partial charge in [-0.3, -0.25) is 4.79 Å². The number of rotatable bonds is 4. The highest BCUT2D eigenvalue weighted by molar-refractivity contribution is 5.96. The summed E-state index contributed by atoms with van der Waals surface area (Å²) in [5, 5.41) is 10.5. The van der Waals surface area contributed by atoms with Crippen LogP contribution in [0.3, 0.4) is 0 Å². The first-order chi connectivity index (χ1) is 11.0. The van der Waals surface area contributed by atoms with E-state index in [9.17, 15) is 4.79 Å². The zero-order chi connectivity index (χ0) is 16.6. The maximum atomic E-state index is 11.2. The molecule has 1 aliphatic heterocycles. The third kappa shape index (κ3) is 2.54. The molecule has 7 heteroatoms. The quantitative estimate of drug-likeness (QED) is 0.868. The molecule has 1 aromatic heterocycles. The van der Waals surface area contributed by atoms with Crippen LogP contribution in [-0.4, -0.2) is 39.2 Å². The maximum absolute atomic E-state index is 11.2. The van der Waals surface area contributed by atoms with Crippen LogP contribution < -0.4 is 5.73 Å². The molecule has 1 aromatic carbocycles. The molecule has 1 unspecified atom stereocenters. The van der Waals surface area contributed by atoms with Gasteiger partial charge in [-0.2, -0.15) is 5.10 Å². The molecule has 0 bridgehead atoms. The van der Waals surface area contributed by atoms with E-state index in [1.807, 2.05) is 51.1 Å². The Morgan fingerprint density at radius 2 is 2.00 bits per heavy atom. The van der Waals surface area contributed by atoms with Gasteiger partial charge in [0.05, 0.1) is 5.69 Å². The Morgan fingerprint density at radius 1 is 1.30 bits per heavy atom. The van der Waals surface area contributed by atoms with Gasteiger partial charge in [0.25, 0.3) is 5.90 Å². The second-order valence-corrected chi connectivity index (χ2v) is 5.63. The van der Waals surface area contributed by atoms with Crippen LogP contribution in [0.25, 0.3) is 5.69 Å². The van der Waals surface area contributed by atoms with E-state index in [0.29, 0.717) is 17.4 Å². The summed E-state index contributed by atoms with van der Waals surface area (Å²) in [5.74, 6) is 0.831. The summed E-state index contributed by atoms with van der Waals surface area (Å²) >= 11 is 0. The number of aldehydes is 1. The Hall–Kier alpha value is -2.83. The fourth-order valence-corrected chi connectivity index (χ4v) is 2.43. The van der Waals surface area contributed by atoms with E-state index >= 15 is 0 Å². The maximum Gasteiger partial charge on any atom is 0.261 e. The van der Waals surface area contributed by atoms with Crippen molar-refractivity contribution in [1.29, 1.82) is 0 Å². The van der Waals surface area contributed by atoms with E-state index < -0.39 is 6.23 Å². The number of ether oxygens (including phenoxy) is 1. The lowest BCUT2D eigenvalue weighted by molar-refractivity contribution is -0.121. The number of carbonyl (C=O) groups is 1. The molecule has 0 fully saturated rings. The Labute approximate surface area is 134 Å². The summed E-state index contributed by atoms with van der Waals surface area (Å²) in [5.41, 5.74) is 8.33. The second-order valence-electron chi connectivity index (χ2n) is 5.63. The number of aromatic nitrogens is 2. The molecule has 2 heterocycles. The number of hydrazone groups is 1. The molecule has 0 spiro atoms. The third-order valence-corrected chi connectivity index (χ3v) is 3.72. The number of hydrogen-bond acceptors (Lipinski definition) is 6. The lowest BCUT2D eigenvalue weighted by Gasteiger charge is -2.20. The van der Waals surface area contributed by atoms with Crippen LogP contribution in [0.2, 0.25) is 0 Å². The standard InChI is InChI=1S/C16H19N5O2/c1-10(2)20-13(9-22)23-16(19-20)14-11(3)15(17)21(18-14)12-7-5-4-6-8-12/h4-10,13H,17H2,1-3H3. The van der Waals surface area contributed by atoms with E-state index in [2.05, 4.69) is 10.2 Å². The van der Waals surface area contributed by atoms with Crippen LogP contribution in [0.15, 0.2) is 35.4 Å². The fourth-order valence-electron chi connectivity index (χ4n) is 2.43. The summed E-state index contributed by atoms with van der Waals surface area (Å²) in [6, 6.07) is 9.63. The summed E-state index contributed by atoms with van der Waals surface area (Å²) in [6.45, 7) is 5.74. The number of nitrogen functional groups attached to an aromatic ring is 1. The van der Waals surface area contributed by atoms with Crippen LogP contribution in [0.5, 0.6) is 0 Å². The third-order valence-electron chi connectivity index (χ3n) is 3.72. The fraction of sp³-hybridized carbons (Fsp3) is 0.312. The van der Waals surface area contributed by atoms with Gasteiger partial charge in [0.2, 0.25) is 6.23 Å². The lowest BCUT2D eigenvalue weighted by atomic mass is 10.2. The summed E-state index contributed by atoms with van der Waals surface area (Å²) in [6.07, 6.45) is -0.00359. The molecular formula is C16H19N5O2. The zero-order valence-corrected chi connectivity index (χ0v) is 13.3. The van der Waals surface area contributed by atoms with Crippen molar-refractivity contribution in [3.05, 3.63) is 41.6 Å². The molecule has 0 saturated heterocycles. The molecule has 0 aliphatic carbocycles. The minimum absolute atomic E-state index is 0.0385. The molecule has 0 saturated carbocycles. The summed E-state index contributed by atoms with van der Waals surface area (Å²) in [7, 11) is 0. The largest absolute Gasteiger partial charge is 0.442 e. The summed E-state index contributed by atoms with van der Waals surface area (Å²) in [4.78, 5) is 11.2. The normalized spacial score (nSPS) is 17.3. The molecule has 120 valence electrons. The van der Waals surface area contributed by atoms with E-state index in [1.165, 1.54) is 0 Å². The highest BCUT2D eigenvalue weighted by atomic mass is 16.5. The Balaban J connectivity index is 2.02. The van der Waals surface area contributed by atoms with Crippen molar-refractivity contribution in [2.45, 2.75) is 33.0 Å². The highest BCUT2D eigenvalue weighted by Crippen LogP contribution is 2.25. The van der Waals surface area contributed by atoms with E-state index in [0.717, 1.165) is 17.5 Å². The van der Waals surface area contributed by atoms with Crippen molar-refractivity contribution >= 4 is 18.0 Å². The van der Waals surface area contributed by atoms with E-state index in [-0.39, 0.29) is 6.04 Å². The number of carbonyl (C=O) groups excluding carboxylic acids is 1. The molecule has 7 nitrogen and oxygen atoms in total. The van der Waals surface area contributed by atoms with E-state index in [1.54, 1.807) is 9.69 Å². The van der Waals surface area contributed by atoms with Crippen molar-refractivity contribution in [3.63, 3.8) is 0 Å². The first kappa shape index (κ1) is 15.1. The van der Waals surface area contributed by atoms with Crippen molar-refractivity contribution in [3.8, 4) is 5.69 Å². The Morgan fingerprint density at radius 3 is 2.57 bits per heavy atom. The second kappa shape index (κ2) is 5.75. The smallest absolute Gasteiger partial charge is 0.261 e. The first-order valence-corrected chi connectivity index (χ1v) is 7.42. The van der Waals surface area contributed by atoms with Gasteiger partial charge >= 0.3 is 0 Å². The monoisotopic (exact) mass is 313 g/mol. The average molecular weight is 313 g/mol. The summed E-state index contributed by atoms with van der Waals surface area (Å²) < 4.78 is 7.28. The number of nitrogens with zero attached hydrogens (tertiary/aromatic N) is 4. The number of nitrogens with two attached hydrogens (primary N) is 1. The number of para-hydroxylation sites is 1. The molecule has 0 radical (unpaired) electrons. The molecule has 0 amide bonds. The Kier molecular flexibility index (Phi) is 3.77. The minimum atomic E-state index is -0.729. The van der Waals surface area contributed by atoms with Crippen LogP contribution >= 0.6 is 0 Å². The van der Waals surface area contributed by atoms with Crippen LogP contribution in [0, 0.1) is 6.92 Å². The Bertz CT molecular complexity index is 751. The minimum Gasteiger partial charge on any atom is -0.442 e. The predicted molar refractivity (Wildman–Crippen MR) is 87.2 cm³/mol. The lowest BCUT2D eigenvalue weighted by Crippen LogP contribution is -2.34. The van der Waals surface area contributed by atoms with Crippen molar-refractivity contribution < 1.29 is 9.53 Å². The van der Waals surface area contributed by atoms with E-state index in [4.69, 9.17) is 10.5 Å². The number of hydrogen-bond donors (Lipinski definition) is 1. The van der Waals surface area contributed by atoms with Gasteiger partial charge in [0.15, 0.2) is 12.0 Å². The van der Waals surface area contributed by atoms with Gasteiger partial charge in [-0.05, 0) is 32.9 Å². The van der Waals surface area contributed by atoms with Gasteiger partial charge in [-0.25, -0.2) is 9.69 Å². The van der Waals surface area contributed by atoms with Crippen LogP contribution in [0.1, 0.15) is 25.1 Å². The molecule has 1 atom stereocenters. The molecule has 2 N–H and O–H groups in total. The van der Waals surface area contributed by atoms with Gasteiger partial charge < -0.3 is 10.5 Å². The molecule has 23 heavy (non-hydrogen) atoms. The van der Waals surface area contributed by atoms with Crippen molar-refractivity contribution in [2.24, 2.45) is 5.10 Å². The van der Waals surface area contributed by atoms with Gasteiger partial charge in [-0.1, -0.05) is 18.2 Å². The molecular weight excluding hydrogens is 294 g/mol. The van der Waals surface area contributed by atoms with Gasteiger partial charge in [-0.15, -0.1) is 5.10 Å². The van der Waals surface area contributed by atoms with Crippen molar-refractivity contribution in [1.82, 2.24) is 14.8 Å². The molecule has 1 aliphatic rings. The topological polar surface area (TPSA) is 85.7 Å². The van der Waals surface area contributed by atoms with Gasteiger partial charge in [0, 0.05) is 11.6 Å². The van der Waals surface area contributed by atoms with Crippen LogP contribution in [0.4, 0.5) is 5.82 Å². The average Bonchev–Trinajstić information content (AvgIpc) is 3.11. The molecule has 3 rings (SSSR count). The number of anilines is 1. The van der Waals surface area contributed by atoms with Crippen LogP contribution in [-0.2, 0) is 9.53 Å². The number of benzene rings is 1. The zero-order valence-electron chi connectivity index (χ0n) is 13.3. The predicted octanol–water partition coefficient (Wildman–Crippen LogP) is 1.69. The van der Waals surface area contributed by atoms with Gasteiger partial charge in [0.1, 0.15) is 5.82 Å². The SMILES string of the molecule is Cc1c(C2=NN(C(C)C)C(C=O)O2)nn(-c2ccccc2)c1N. The highest BCUT2D eigenvalue weighted by Gasteiger charge is 2.33. The molecule has 2 aromatic rings.